The molecule has 0 aromatic heterocycles. The zero-order valence-electron chi connectivity index (χ0n) is 12.6. The number of hydrogen-bond acceptors (Lipinski definition) is 2. The maximum atomic E-state index is 13.5. The molecular weight excluding hydrogens is 310 g/mol. The van der Waals surface area contributed by atoms with Crippen molar-refractivity contribution in [2.45, 2.75) is 32.7 Å². The maximum absolute atomic E-state index is 13.5. The predicted molar refractivity (Wildman–Crippen MR) is 87.7 cm³/mol. The Labute approximate surface area is 136 Å². The lowest BCUT2D eigenvalue weighted by molar-refractivity contribution is 0.191. The van der Waals surface area contributed by atoms with Gasteiger partial charge in [0.2, 0.25) is 0 Å². The fourth-order valence-electron chi connectivity index (χ4n) is 2.77. The summed E-state index contributed by atoms with van der Waals surface area (Å²) in [6.45, 7) is 8.45. The van der Waals surface area contributed by atoms with Crippen molar-refractivity contribution in [1.29, 1.82) is 0 Å². The third-order valence-electron chi connectivity index (χ3n) is 4.27. The zero-order valence-corrected chi connectivity index (χ0v) is 14.1. The van der Waals surface area contributed by atoms with Gasteiger partial charge in [0.1, 0.15) is 5.82 Å². The van der Waals surface area contributed by atoms with Gasteiger partial charge in [0.15, 0.2) is 0 Å². The summed E-state index contributed by atoms with van der Waals surface area (Å²) in [7, 11) is 0. The van der Waals surface area contributed by atoms with Crippen molar-refractivity contribution < 1.29 is 4.39 Å². The van der Waals surface area contributed by atoms with Crippen molar-refractivity contribution in [3.63, 3.8) is 0 Å². The molecule has 21 heavy (non-hydrogen) atoms. The molecule has 2 nitrogen and oxygen atoms in total. The van der Waals surface area contributed by atoms with Gasteiger partial charge in [0.25, 0.3) is 0 Å². The molecule has 1 aliphatic heterocycles. The number of benzene rings is 1. The van der Waals surface area contributed by atoms with E-state index in [-0.39, 0.29) is 11.1 Å². The van der Waals surface area contributed by atoms with Crippen LogP contribution in [0.15, 0.2) is 12.1 Å². The molecule has 1 N–H and O–H groups in total. The van der Waals surface area contributed by atoms with Crippen LogP contribution in [-0.2, 0) is 0 Å². The first-order valence-corrected chi connectivity index (χ1v) is 8.33. The highest BCUT2D eigenvalue weighted by Crippen LogP contribution is 2.32. The second kappa shape index (κ2) is 7.77. The van der Waals surface area contributed by atoms with Gasteiger partial charge in [-0.3, -0.25) is 0 Å². The molecule has 1 saturated heterocycles. The van der Waals surface area contributed by atoms with Crippen molar-refractivity contribution in [2.24, 2.45) is 5.92 Å². The summed E-state index contributed by atoms with van der Waals surface area (Å²) in [4.78, 5) is 2.47. The average molecular weight is 333 g/mol. The van der Waals surface area contributed by atoms with Gasteiger partial charge in [-0.05, 0) is 50.9 Å². The van der Waals surface area contributed by atoms with Crippen LogP contribution >= 0.6 is 23.2 Å². The molecule has 0 saturated carbocycles. The lowest BCUT2D eigenvalue weighted by Crippen LogP contribution is -2.38. The van der Waals surface area contributed by atoms with Crippen LogP contribution in [0.5, 0.6) is 0 Å². The summed E-state index contributed by atoms with van der Waals surface area (Å²) < 4.78 is 13.5. The molecule has 1 unspecified atom stereocenters. The number of nitrogens with zero attached hydrogens (tertiary/aromatic N) is 1. The fraction of sp³-hybridized carbons (Fsp3) is 0.625. The summed E-state index contributed by atoms with van der Waals surface area (Å²) in [5, 5.41) is 4.02. The molecule has 1 fully saturated rings. The Balaban J connectivity index is 1.85. The molecule has 0 spiro atoms. The van der Waals surface area contributed by atoms with Crippen LogP contribution in [0.3, 0.4) is 0 Å². The molecule has 1 aromatic rings. The lowest BCUT2D eigenvalue weighted by Gasteiger charge is -2.30. The van der Waals surface area contributed by atoms with Crippen LogP contribution in [0.25, 0.3) is 0 Å². The molecule has 2 rings (SSSR count). The van der Waals surface area contributed by atoms with Gasteiger partial charge in [-0.2, -0.15) is 0 Å². The molecule has 5 heteroatoms. The van der Waals surface area contributed by atoms with E-state index in [0.717, 1.165) is 19.0 Å². The van der Waals surface area contributed by atoms with E-state index in [0.29, 0.717) is 10.6 Å². The monoisotopic (exact) mass is 332 g/mol. The zero-order chi connectivity index (χ0) is 15.4. The van der Waals surface area contributed by atoms with Crippen LogP contribution < -0.4 is 5.32 Å². The highest BCUT2D eigenvalue weighted by molar-refractivity contribution is 6.36. The van der Waals surface area contributed by atoms with Gasteiger partial charge >= 0.3 is 0 Å². The first-order valence-electron chi connectivity index (χ1n) is 7.58. The van der Waals surface area contributed by atoms with E-state index in [4.69, 9.17) is 23.2 Å². The Kier molecular flexibility index (Phi) is 6.30. The largest absolute Gasteiger partial charge is 0.309 e. The predicted octanol–water partition coefficient (Wildman–Crippen LogP) is 4.52. The fourth-order valence-corrected chi connectivity index (χ4v) is 3.46. The molecular formula is C16H23Cl2FN2. The van der Waals surface area contributed by atoms with Crippen molar-refractivity contribution in [2.75, 3.05) is 26.2 Å². The number of rotatable bonds is 5. The van der Waals surface area contributed by atoms with Crippen molar-refractivity contribution in [1.82, 2.24) is 10.2 Å². The van der Waals surface area contributed by atoms with E-state index < -0.39 is 5.82 Å². The number of hydrogen-bond donors (Lipinski definition) is 1. The highest BCUT2D eigenvalue weighted by Gasteiger charge is 2.18. The minimum atomic E-state index is -0.422. The van der Waals surface area contributed by atoms with Gasteiger partial charge in [-0.1, -0.05) is 30.1 Å². The van der Waals surface area contributed by atoms with E-state index in [9.17, 15) is 4.39 Å². The van der Waals surface area contributed by atoms with E-state index in [1.807, 2.05) is 6.92 Å². The van der Waals surface area contributed by atoms with Gasteiger partial charge in [0.05, 0.1) is 5.02 Å². The van der Waals surface area contributed by atoms with Crippen LogP contribution in [0.1, 0.15) is 38.3 Å². The third-order valence-corrected chi connectivity index (χ3v) is 4.98. The Morgan fingerprint density at radius 3 is 2.67 bits per heavy atom. The maximum Gasteiger partial charge on any atom is 0.142 e. The van der Waals surface area contributed by atoms with Gasteiger partial charge in [0, 0.05) is 29.7 Å². The molecule has 1 heterocycles. The quantitative estimate of drug-likeness (QED) is 0.797. The Hall–Kier alpha value is -0.350. The average Bonchev–Trinajstić information content (AvgIpc) is 2.45. The minimum absolute atomic E-state index is 0.0654. The third kappa shape index (κ3) is 4.56. The standard InChI is InChI=1S/C16H23Cl2FN2/c1-11-5-8-21(9-6-11)10-7-20-12(2)15-13(17)3-4-14(19)16(15)18/h3-4,11-12,20H,5-10H2,1-2H3. The molecule has 0 aliphatic carbocycles. The highest BCUT2D eigenvalue weighted by atomic mass is 35.5. The van der Waals surface area contributed by atoms with Gasteiger partial charge < -0.3 is 10.2 Å². The molecule has 1 aromatic carbocycles. The first-order chi connectivity index (χ1) is 9.99. The summed E-state index contributed by atoms with van der Waals surface area (Å²) in [5.74, 6) is 0.424. The van der Waals surface area contributed by atoms with Crippen molar-refractivity contribution in [3.05, 3.63) is 33.6 Å². The molecule has 1 aliphatic rings. The molecule has 0 radical (unpaired) electrons. The lowest BCUT2D eigenvalue weighted by atomic mass is 9.99. The number of halogens is 3. The number of piperidine rings is 1. The molecule has 1 atom stereocenters. The second-order valence-electron chi connectivity index (χ2n) is 5.96. The van der Waals surface area contributed by atoms with E-state index >= 15 is 0 Å². The SMILES string of the molecule is CC1CCN(CCNC(C)c2c(Cl)ccc(F)c2Cl)CC1. The number of nitrogens with one attached hydrogen (secondary N) is 1. The van der Waals surface area contributed by atoms with E-state index in [2.05, 4.69) is 17.1 Å². The summed E-state index contributed by atoms with van der Waals surface area (Å²) in [5.41, 5.74) is 0.644. The second-order valence-corrected chi connectivity index (χ2v) is 6.74. The van der Waals surface area contributed by atoms with E-state index in [1.54, 1.807) is 6.07 Å². The Bertz CT molecular complexity index is 474. The minimum Gasteiger partial charge on any atom is -0.309 e. The summed E-state index contributed by atoms with van der Waals surface area (Å²) in [6.07, 6.45) is 2.55. The number of likely N-dealkylation sites (tertiary alicyclic amines) is 1. The van der Waals surface area contributed by atoms with Crippen molar-refractivity contribution in [3.8, 4) is 0 Å². The van der Waals surface area contributed by atoms with Crippen LogP contribution in [0.4, 0.5) is 4.39 Å². The van der Waals surface area contributed by atoms with Crippen molar-refractivity contribution >= 4 is 23.2 Å². The normalized spacial score (nSPS) is 18.9. The van der Waals surface area contributed by atoms with E-state index in [1.165, 1.54) is 32.0 Å². The molecule has 118 valence electrons. The summed E-state index contributed by atoms with van der Waals surface area (Å²) >= 11 is 12.2. The van der Waals surface area contributed by atoms with Crippen LogP contribution in [0.2, 0.25) is 10.0 Å². The summed E-state index contributed by atoms with van der Waals surface area (Å²) in [6, 6.07) is 2.79. The topological polar surface area (TPSA) is 15.3 Å². The Morgan fingerprint density at radius 1 is 1.33 bits per heavy atom. The van der Waals surface area contributed by atoms with Gasteiger partial charge in [-0.15, -0.1) is 0 Å². The Morgan fingerprint density at radius 2 is 2.00 bits per heavy atom. The first kappa shape index (κ1) is 17.0. The molecule has 0 bridgehead atoms. The van der Waals surface area contributed by atoms with Crippen LogP contribution in [0, 0.1) is 11.7 Å². The van der Waals surface area contributed by atoms with Gasteiger partial charge in [-0.25, -0.2) is 4.39 Å². The smallest absolute Gasteiger partial charge is 0.142 e. The molecule has 0 amide bonds. The van der Waals surface area contributed by atoms with Crippen LogP contribution in [-0.4, -0.2) is 31.1 Å².